The summed E-state index contributed by atoms with van der Waals surface area (Å²) in [6, 6.07) is 9.89. The van der Waals surface area contributed by atoms with E-state index >= 15 is 0 Å². The summed E-state index contributed by atoms with van der Waals surface area (Å²) in [4.78, 5) is 33.3. The maximum absolute atomic E-state index is 12.3. The van der Waals surface area contributed by atoms with Gasteiger partial charge in [-0.2, -0.15) is 0 Å². The summed E-state index contributed by atoms with van der Waals surface area (Å²) in [5.74, 6) is 0.558. The first-order valence-corrected chi connectivity index (χ1v) is 7.59. The third kappa shape index (κ3) is 3.48. The molecule has 1 aromatic heterocycles. The van der Waals surface area contributed by atoms with Crippen LogP contribution < -0.4 is 5.56 Å². The lowest BCUT2D eigenvalue weighted by atomic mass is 10.1. The molecule has 2 heterocycles. The van der Waals surface area contributed by atoms with E-state index in [1.54, 1.807) is 4.90 Å². The number of rotatable bonds is 4. The Kier molecular flexibility index (Phi) is 4.52. The molecule has 2 aromatic rings. The van der Waals surface area contributed by atoms with Gasteiger partial charge >= 0.3 is 0 Å². The molecule has 0 spiro atoms. The third-order valence-electron chi connectivity index (χ3n) is 3.95. The van der Waals surface area contributed by atoms with Gasteiger partial charge in [0, 0.05) is 26.5 Å². The molecule has 1 aliphatic rings. The fourth-order valence-electron chi connectivity index (χ4n) is 2.78. The number of hydrogen-bond donors (Lipinski definition) is 1. The van der Waals surface area contributed by atoms with Gasteiger partial charge in [-0.1, -0.05) is 30.3 Å². The Morgan fingerprint density at radius 3 is 2.87 bits per heavy atom. The Hall–Kier alpha value is -2.47. The lowest BCUT2D eigenvalue weighted by Crippen LogP contribution is -2.41. The van der Waals surface area contributed by atoms with Gasteiger partial charge in [0.1, 0.15) is 12.4 Å². The first kappa shape index (κ1) is 15.4. The molecule has 0 aliphatic carbocycles. The first-order chi connectivity index (χ1) is 11.2. The molecule has 23 heavy (non-hydrogen) atoms. The molecule has 1 aromatic carbocycles. The van der Waals surface area contributed by atoms with Gasteiger partial charge in [-0.05, 0) is 5.56 Å². The fraction of sp³-hybridized carbons (Fsp3) is 0.353. The molecule has 1 aliphatic heterocycles. The second-order valence-corrected chi connectivity index (χ2v) is 5.60. The number of carbonyl (C=O) groups excluding carboxylic acids is 1. The number of methoxy groups -OCH3 is 1. The van der Waals surface area contributed by atoms with Gasteiger partial charge < -0.3 is 14.6 Å². The average Bonchev–Trinajstić information content (AvgIpc) is 2.56. The largest absolute Gasteiger partial charge is 0.375 e. The van der Waals surface area contributed by atoms with Crippen molar-refractivity contribution in [3.63, 3.8) is 0 Å². The predicted molar refractivity (Wildman–Crippen MR) is 85.1 cm³/mol. The van der Waals surface area contributed by atoms with Crippen molar-refractivity contribution in [2.24, 2.45) is 0 Å². The van der Waals surface area contributed by atoms with E-state index in [1.807, 2.05) is 30.3 Å². The van der Waals surface area contributed by atoms with Crippen LogP contribution in [0.3, 0.4) is 0 Å². The SMILES string of the molecule is COCC(=O)N1CCc2nc(Cc3ccccc3)[nH]c(=O)c2C1. The van der Waals surface area contributed by atoms with E-state index in [2.05, 4.69) is 9.97 Å². The number of hydrogen-bond acceptors (Lipinski definition) is 4. The van der Waals surface area contributed by atoms with Crippen LogP contribution in [0.1, 0.15) is 22.6 Å². The van der Waals surface area contributed by atoms with Gasteiger partial charge in [-0.25, -0.2) is 4.98 Å². The minimum absolute atomic E-state index is 0.0345. The number of carbonyl (C=O) groups is 1. The van der Waals surface area contributed by atoms with Crippen LogP contribution in [0.2, 0.25) is 0 Å². The third-order valence-corrected chi connectivity index (χ3v) is 3.95. The second kappa shape index (κ2) is 6.75. The van der Waals surface area contributed by atoms with Crippen LogP contribution in [-0.2, 0) is 28.9 Å². The van der Waals surface area contributed by atoms with E-state index in [1.165, 1.54) is 7.11 Å². The summed E-state index contributed by atoms with van der Waals surface area (Å²) >= 11 is 0. The molecule has 0 unspecified atom stereocenters. The molecule has 0 atom stereocenters. The highest BCUT2D eigenvalue weighted by atomic mass is 16.5. The molecule has 120 valence electrons. The van der Waals surface area contributed by atoms with Crippen LogP contribution in [0.4, 0.5) is 0 Å². The highest BCUT2D eigenvalue weighted by Crippen LogP contribution is 2.15. The minimum atomic E-state index is -0.157. The molecule has 0 saturated carbocycles. The van der Waals surface area contributed by atoms with Gasteiger partial charge in [-0.3, -0.25) is 9.59 Å². The molecule has 0 saturated heterocycles. The monoisotopic (exact) mass is 313 g/mol. The molecule has 6 heteroatoms. The normalized spacial score (nSPS) is 13.7. The zero-order chi connectivity index (χ0) is 16.2. The number of amides is 1. The molecule has 6 nitrogen and oxygen atoms in total. The van der Waals surface area contributed by atoms with Gasteiger partial charge in [0.25, 0.3) is 5.56 Å². The molecule has 1 N–H and O–H groups in total. The van der Waals surface area contributed by atoms with Crippen molar-refractivity contribution in [1.29, 1.82) is 0 Å². The number of fused-ring (bicyclic) bond motifs is 1. The molecule has 0 fully saturated rings. The molecular weight excluding hydrogens is 294 g/mol. The molecule has 0 bridgehead atoms. The molecule has 0 radical (unpaired) electrons. The maximum atomic E-state index is 12.3. The van der Waals surface area contributed by atoms with Gasteiger partial charge in [-0.15, -0.1) is 0 Å². The van der Waals surface area contributed by atoms with Gasteiger partial charge in [0.2, 0.25) is 5.91 Å². The first-order valence-electron chi connectivity index (χ1n) is 7.59. The number of H-pyrrole nitrogens is 1. The van der Waals surface area contributed by atoms with Crippen LogP contribution in [0.5, 0.6) is 0 Å². The van der Waals surface area contributed by atoms with E-state index in [9.17, 15) is 9.59 Å². The van der Waals surface area contributed by atoms with Crippen LogP contribution >= 0.6 is 0 Å². The van der Waals surface area contributed by atoms with Crippen LogP contribution in [0, 0.1) is 0 Å². The number of ether oxygens (including phenoxy) is 1. The summed E-state index contributed by atoms with van der Waals surface area (Å²) in [7, 11) is 1.49. The molecule has 3 rings (SSSR count). The van der Waals surface area contributed by atoms with E-state index in [0.29, 0.717) is 37.3 Å². The summed E-state index contributed by atoms with van der Waals surface area (Å²) in [6.45, 7) is 0.897. The van der Waals surface area contributed by atoms with Crippen LogP contribution in [0.15, 0.2) is 35.1 Å². The summed E-state index contributed by atoms with van der Waals surface area (Å²) in [6.07, 6.45) is 1.19. The highest BCUT2D eigenvalue weighted by Gasteiger charge is 2.24. The minimum Gasteiger partial charge on any atom is -0.375 e. The Morgan fingerprint density at radius 1 is 1.35 bits per heavy atom. The number of aromatic nitrogens is 2. The number of nitrogens with one attached hydrogen (secondary N) is 1. The van der Waals surface area contributed by atoms with Crippen molar-refractivity contribution in [1.82, 2.24) is 14.9 Å². The zero-order valence-electron chi connectivity index (χ0n) is 13.0. The maximum Gasteiger partial charge on any atom is 0.256 e. The number of aromatic amines is 1. The van der Waals surface area contributed by atoms with E-state index in [0.717, 1.165) is 11.3 Å². The smallest absolute Gasteiger partial charge is 0.256 e. The fourth-order valence-corrected chi connectivity index (χ4v) is 2.78. The average molecular weight is 313 g/mol. The van der Waals surface area contributed by atoms with Crippen molar-refractivity contribution in [2.45, 2.75) is 19.4 Å². The Bertz CT molecular complexity index is 755. The Labute approximate surface area is 134 Å². The lowest BCUT2D eigenvalue weighted by molar-refractivity contribution is -0.136. The number of nitrogens with zero attached hydrogens (tertiary/aromatic N) is 2. The second-order valence-electron chi connectivity index (χ2n) is 5.60. The highest BCUT2D eigenvalue weighted by molar-refractivity contribution is 5.77. The standard InChI is InChI=1S/C17H19N3O3/c1-23-11-16(21)20-8-7-14-13(10-20)17(22)19-15(18-14)9-12-5-3-2-4-6-12/h2-6H,7-11H2,1H3,(H,18,19,22). The van der Waals surface area contributed by atoms with Crippen molar-refractivity contribution in [3.8, 4) is 0 Å². The summed E-state index contributed by atoms with van der Waals surface area (Å²) in [5.41, 5.74) is 2.32. The number of benzene rings is 1. The topological polar surface area (TPSA) is 75.3 Å². The zero-order valence-corrected chi connectivity index (χ0v) is 13.0. The summed E-state index contributed by atoms with van der Waals surface area (Å²) < 4.78 is 4.87. The predicted octanol–water partition coefficient (Wildman–Crippen LogP) is 0.892. The van der Waals surface area contributed by atoms with Crippen molar-refractivity contribution in [2.75, 3.05) is 20.3 Å². The van der Waals surface area contributed by atoms with E-state index in [4.69, 9.17) is 4.74 Å². The Morgan fingerprint density at radius 2 is 2.13 bits per heavy atom. The quantitative estimate of drug-likeness (QED) is 0.909. The van der Waals surface area contributed by atoms with E-state index < -0.39 is 0 Å². The molecular formula is C17H19N3O3. The summed E-state index contributed by atoms with van der Waals surface area (Å²) in [5, 5.41) is 0. The van der Waals surface area contributed by atoms with Crippen molar-refractivity contribution in [3.05, 3.63) is 63.3 Å². The Balaban J connectivity index is 1.81. The van der Waals surface area contributed by atoms with Gasteiger partial charge in [0.05, 0.1) is 17.8 Å². The lowest BCUT2D eigenvalue weighted by Gasteiger charge is -2.27. The van der Waals surface area contributed by atoms with Crippen LogP contribution in [0.25, 0.3) is 0 Å². The van der Waals surface area contributed by atoms with Crippen molar-refractivity contribution >= 4 is 5.91 Å². The van der Waals surface area contributed by atoms with Gasteiger partial charge in [0.15, 0.2) is 0 Å². The van der Waals surface area contributed by atoms with Crippen molar-refractivity contribution < 1.29 is 9.53 Å². The van der Waals surface area contributed by atoms with E-state index in [-0.39, 0.29) is 18.1 Å². The van der Waals surface area contributed by atoms with Crippen LogP contribution in [-0.4, -0.2) is 41.0 Å². The molecule has 1 amide bonds.